The first-order valence-corrected chi connectivity index (χ1v) is 7.51. The van der Waals surface area contributed by atoms with E-state index in [2.05, 4.69) is 38.3 Å². The molecule has 0 saturated carbocycles. The Morgan fingerprint density at radius 1 is 1.50 bits per heavy atom. The van der Waals surface area contributed by atoms with Crippen LogP contribution in [0, 0.1) is 11.3 Å². The topological polar surface area (TPSA) is 54.3 Å². The van der Waals surface area contributed by atoms with Gasteiger partial charge in [0, 0.05) is 13.0 Å². The van der Waals surface area contributed by atoms with Crippen molar-refractivity contribution < 1.29 is 9.21 Å². The summed E-state index contributed by atoms with van der Waals surface area (Å²) >= 11 is 0. The largest absolute Gasteiger partial charge is 0.464 e. The zero-order valence-electron chi connectivity index (χ0n) is 13.0. The maximum atomic E-state index is 12.4. The Labute approximate surface area is 121 Å². The molecule has 0 spiro atoms. The highest BCUT2D eigenvalue weighted by Crippen LogP contribution is 2.34. The molecular weight excluding hydrogens is 252 g/mol. The molecule has 0 unspecified atom stereocenters. The van der Waals surface area contributed by atoms with Crippen LogP contribution in [-0.2, 0) is 11.2 Å². The molecule has 1 aliphatic rings. The summed E-state index contributed by atoms with van der Waals surface area (Å²) in [5, 5.41) is 6.41. The normalized spacial score (nSPS) is 20.9. The Balaban J connectivity index is 2.13. The number of hydrogen-bond donors (Lipinski definition) is 2. The number of nitrogens with one attached hydrogen (secondary N) is 2. The van der Waals surface area contributed by atoms with Gasteiger partial charge in [0.05, 0.1) is 12.0 Å². The highest BCUT2D eigenvalue weighted by Gasteiger charge is 2.33. The summed E-state index contributed by atoms with van der Waals surface area (Å²) in [6.07, 6.45) is 1.79. The number of carbonyl (C=O) groups excluding carboxylic acids is 1. The van der Waals surface area contributed by atoms with Crippen LogP contribution >= 0.6 is 0 Å². The Morgan fingerprint density at radius 3 is 2.75 bits per heavy atom. The summed E-state index contributed by atoms with van der Waals surface area (Å²) in [5.41, 5.74) is -0.0788. The van der Waals surface area contributed by atoms with Gasteiger partial charge in [0.15, 0.2) is 0 Å². The molecule has 1 amide bonds. The highest BCUT2D eigenvalue weighted by molar-refractivity contribution is 5.79. The smallest absolute Gasteiger partial charge is 0.225 e. The van der Waals surface area contributed by atoms with Crippen LogP contribution in [0.5, 0.6) is 0 Å². The molecule has 4 heteroatoms. The lowest BCUT2D eigenvalue weighted by molar-refractivity contribution is -0.126. The standard InChI is InChI=1S/C16H26N2O2/c1-5-12-6-7-13(20-12)14(16(2,3)4)18-15(19)11-8-9-17-10-11/h6-7,11,14,17H,5,8-10H2,1-4H3,(H,18,19)/t11-,14-/m0/s1. The van der Waals surface area contributed by atoms with Crippen molar-refractivity contribution in [2.24, 2.45) is 11.3 Å². The fourth-order valence-electron chi connectivity index (χ4n) is 2.59. The molecular formula is C16H26N2O2. The molecule has 112 valence electrons. The summed E-state index contributed by atoms with van der Waals surface area (Å²) < 4.78 is 5.85. The average Bonchev–Trinajstić information content (AvgIpc) is 3.04. The second-order valence-electron chi connectivity index (χ2n) is 6.65. The minimum atomic E-state index is -0.0871. The molecule has 0 aromatic carbocycles. The number of furan rings is 1. The summed E-state index contributed by atoms with van der Waals surface area (Å²) in [4.78, 5) is 12.4. The average molecular weight is 278 g/mol. The third-order valence-corrected chi connectivity index (χ3v) is 3.90. The molecule has 0 radical (unpaired) electrons. The fraction of sp³-hybridized carbons (Fsp3) is 0.688. The van der Waals surface area contributed by atoms with Gasteiger partial charge in [0.1, 0.15) is 11.5 Å². The zero-order valence-corrected chi connectivity index (χ0v) is 13.0. The lowest BCUT2D eigenvalue weighted by Crippen LogP contribution is -2.40. The van der Waals surface area contributed by atoms with E-state index >= 15 is 0 Å². The number of amides is 1. The molecule has 0 bridgehead atoms. The van der Waals surface area contributed by atoms with Crippen LogP contribution in [-0.4, -0.2) is 19.0 Å². The number of aryl methyl sites for hydroxylation is 1. The summed E-state index contributed by atoms with van der Waals surface area (Å²) in [7, 11) is 0. The minimum Gasteiger partial charge on any atom is -0.464 e. The molecule has 2 rings (SSSR count). The molecule has 2 heterocycles. The maximum absolute atomic E-state index is 12.4. The van der Waals surface area contributed by atoms with Crippen molar-refractivity contribution in [2.75, 3.05) is 13.1 Å². The van der Waals surface area contributed by atoms with Crippen molar-refractivity contribution >= 4 is 5.91 Å². The molecule has 20 heavy (non-hydrogen) atoms. The van der Waals surface area contributed by atoms with Crippen LogP contribution in [0.1, 0.15) is 51.7 Å². The summed E-state index contributed by atoms with van der Waals surface area (Å²) in [5.74, 6) is 2.03. The zero-order chi connectivity index (χ0) is 14.8. The summed E-state index contributed by atoms with van der Waals surface area (Å²) in [6.45, 7) is 10.1. The van der Waals surface area contributed by atoms with E-state index in [0.29, 0.717) is 0 Å². The Hall–Kier alpha value is -1.29. The van der Waals surface area contributed by atoms with Crippen molar-refractivity contribution in [1.29, 1.82) is 0 Å². The van der Waals surface area contributed by atoms with Gasteiger partial charge >= 0.3 is 0 Å². The van der Waals surface area contributed by atoms with Gasteiger partial charge in [-0.2, -0.15) is 0 Å². The van der Waals surface area contributed by atoms with Gasteiger partial charge in [-0.3, -0.25) is 4.79 Å². The van der Waals surface area contributed by atoms with E-state index in [0.717, 1.165) is 37.5 Å². The van der Waals surface area contributed by atoms with E-state index in [1.165, 1.54) is 0 Å². The SMILES string of the molecule is CCc1ccc([C@H](NC(=O)[C@H]2CCNC2)C(C)(C)C)o1. The molecule has 1 saturated heterocycles. The van der Waals surface area contributed by atoms with E-state index in [4.69, 9.17) is 4.42 Å². The van der Waals surface area contributed by atoms with Gasteiger partial charge < -0.3 is 15.1 Å². The van der Waals surface area contributed by atoms with Gasteiger partial charge in [-0.15, -0.1) is 0 Å². The van der Waals surface area contributed by atoms with Gasteiger partial charge in [0.2, 0.25) is 5.91 Å². The molecule has 0 aliphatic carbocycles. The van der Waals surface area contributed by atoms with Crippen LogP contribution in [0.25, 0.3) is 0 Å². The summed E-state index contributed by atoms with van der Waals surface area (Å²) in [6, 6.07) is 3.90. The number of rotatable bonds is 4. The third kappa shape index (κ3) is 3.42. The molecule has 4 nitrogen and oxygen atoms in total. The van der Waals surface area contributed by atoms with Crippen molar-refractivity contribution in [2.45, 2.75) is 46.6 Å². The maximum Gasteiger partial charge on any atom is 0.225 e. The van der Waals surface area contributed by atoms with Crippen LogP contribution < -0.4 is 10.6 Å². The van der Waals surface area contributed by atoms with E-state index in [9.17, 15) is 4.79 Å². The number of hydrogen-bond acceptors (Lipinski definition) is 3. The lowest BCUT2D eigenvalue weighted by atomic mass is 9.85. The van der Waals surface area contributed by atoms with E-state index < -0.39 is 0 Å². The van der Waals surface area contributed by atoms with Crippen LogP contribution in [0.3, 0.4) is 0 Å². The van der Waals surface area contributed by atoms with Crippen LogP contribution in [0.15, 0.2) is 16.5 Å². The monoisotopic (exact) mass is 278 g/mol. The highest BCUT2D eigenvalue weighted by atomic mass is 16.3. The predicted molar refractivity (Wildman–Crippen MR) is 79.4 cm³/mol. The van der Waals surface area contributed by atoms with Gasteiger partial charge in [0.25, 0.3) is 0 Å². The number of carbonyl (C=O) groups is 1. The van der Waals surface area contributed by atoms with Crippen LogP contribution in [0.4, 0.5) is 0 Å². The first-order valence-electron chi connectivity index (χ1n) is 7.51. The van der Waals surface area contributed by atoms with E-state index in [1.54, 1.807) is 0 Å². The second-order valence-corrected chi connectivity index (χ2v) is 6.65. The molecule has 1 aliphatic heterocycles. The third-order valence-electron chi connectivity index (χ3n) is 3.90. The van der Waals surface area contributed by atoms with Gasteiger partial charge in [-0.05, 0) is 30.5 Å². The van der Waals surface area contributed by atoms with Crippen molar-refractivity contribution in [3.8, 4) is 0 Å². The van der Waals surface area contributed by atoms with Gasteiger partial charge in [-0.25, -0.2) is 0 Å². The van der Waals surface area contributed by atoms with Crippen molar-refractivity contribution in [1.82, 2.24) is 10.6 Å². The fourth-order valence-corrected chi connectivity index (χ4v) is 2.59. The second kappa shape index (κ2) is 6.00. The Kier molecular flexibility index (Phi) is 4.53. The minimum absolute atomic E-state index is 0.0788. The first kappa shape index (κ1) is 15.1. The predicted octanol–water partition coefficient (Wildman–Crippen LogP) is 2.65. The van der Waals surface area contributed by atoms with E-state index in [1.807, 2.05) is 12.1 Å². The Morgan fingerprint density at radius 2 is 2.25 bits per heavy atom. The molecule has 2 atom stereocenters. The molecule has 1 fully saturated rings. The lowest BCUT2D eigenvalue weighted by Gasteiger charge is -2.30. The van der Waals surface area contributed by atoms with Crippen molar-refractivity contribution in [3.63, 3.8) is 0 Å². The van der Waals surface area contributed by atoms with E-state index in [-0.39, 0.29) is 23.3 Å². The molecule has 1 aromatic rings. The Bertz CT molecular complexity index is 453. The van der Waals surface area contributed by atoms with Crippen molar-refractivity contribution in [3.05, 3.63) is 23.7 Å². The molecule has 1 aromatic heterocycles. The quantitative estimate of drug-likeness (QED) is 0.890. The molecule has 2 N–H and O–H groups in total. The first-order chi connectivity index (χ1) is 9.41. The van der Waals surface area contributed by atoms with Crippen LogP contribution in [0.2, 0.25) is 0 Å². The van der Waals surface area contributed by atoms with Gasteiger partial charge in [-0.1, -0.05) is 27.7 Å².